The van der Waals surface area contributed by atoms with Gasteiger partial charge in [0.15, 0.2) is 0 Å². The van der Waals surface area contributed by atoms with Gasteiger partial charge in [0, 0.05) is 5.41 Å². The Labute approximate surface area is 98.1 Å². The van der Waals surface area contributed by atoms with Crippen LogP contribution in [0.5, 0.6) is 0 Å². The van der Waals surface area contributed by atoms with Gasteiger partial charge in [0.05, 0.1) is 26.4 Å². The molecule has 1 heterocycles. The van der Waals surface area contributed by atoms with E-state index in [1.54, 1.807) is 0 Å². The number of rotatable bonds is 5. The molecular weight excluding hydrogens is 204 g/mol. The van der Waals surface area contributed by atoms with Crippen LogP contribution in [0.2, 0.25) is 0 Å². The second-order valence-electron chi connectivity index (χ2n) is 5.40. The Balaban J connectivity index is 1.76. The third kappa shape index (κ3) is 3.72. The summed E-state index contributed by atoms with van der Waals surface area (Å²) < 4.78 is 10.8. The Hall–Kier alpha value is -0.120. The highest BCUT2D eigenvalue weighted by molar-refractivity contribution is 4.80. The number of aliphatic hydroxyl groups is 1. The maximum atomic E-state index is 9.63. The van der Waals surface area contributed by atoms with Crippen LogP contribution in [0.4, 0.5) is 0 Å². The average Bonchev–Trinajstić information content (AvgIpc) is 3.06. The molecule has 2 aliphatic rings. The van der Waals surface area contributed by atoms with Gasteiger partial charge in [-0.1, -0.05) is 32.1 Å². The molecule has 1 aliphatic heterocycles. The van der Waals surface area contributed by atoms with Gasteiger partial charge in [0.1, 0.15) is 6.10 Å². The van der Waals surface area contributed by atoms with Crippen molar-refractivity contribution < 1.29 is 14.6 Å². The zero-order valence-corrected chi connectivity index (χ0v) is 10.1. The van der Waals surface area contributed by atoms with Crippen molar-refractivity contribution in [1.82, 2.24) is 0 Å². The highest BCUT2D eigenvalue weighted by Gasteiger charge is 2.31. The van der Waals surface area contributed by atoms with Gasteiger partial charge in [-0.15, -0.1) is 0 Å². The van der Waals surface area contributed by atoms with Gasteiger partial charge in [0.2, 0.25) is 0 Å². The minimum absolute atomic E-state index is 0.0370. The molecule has 0 bridgehead atoms. The van der Waals surface area contributed by atoms with E-state index in [0.717, 1.165) is 19.4 Å². The lowest BCUT2D eigenvalue weighted by atomic mass is 9.77. The monoisotopic (exact) mass is 228 g/mol. The first-order valence-corrected chi connectivity index (χ1v) is 6.65. The first kappa shape index (κ1) is 12.3. The van der Waals surface area contributed by atoms with Gasteiger partial charge < -0.3 is 14.6 Å². The van der Waals surface area contributed by atoms with Crippen LogP contribution in [0.3, 0.4) is 0 Å². The smallest absolute Gasteiger partial charge is 0.104 e. The number of hydrogen-bond acceptors (Lipinski definition) is 3. The van der Waals surface area contributed by atoms with E-state index in [4.69, 9.17) is 9.47 Å². The second-order valence-corrected chi connectivity index (χ2v) is 5.40. The summed E-state index contributed by atoms with van der Waals surface area (Å²) in [6, 6.07) is 0. The Morgan fingerprint density at radius 1 is 1.12 bits per heavy atom. The molecule has 94 valence electrons. The molecule has 1 atom stereocenters. The molecule has 1 saturated carbocycles. The predicted octanol–water partition coefficient (Wildman–Crippen LogP) is 2.12. The molecule has 2 rings (SSSR count). The lowest BCUT2D eigenvalue weighted by molar-refractivity contribution is -0.0138. The minimum atomic E-state index is 0.0370. The van der Waals surface area contributed by atoms with Crippen LogP contribution >= 0.6 is 0 Å². The van der Waals surface area contributed by atoms with Crippen molar-refractivity contribution in [1.29, 1.82) is 0 Å². The van der Waals surface area contributed by atoms with E-state index >= 15 is 0 Å². The summed E-state index contributed by atoms with van der Waals surface area (Å²) in [5.74, 6) is 0. The molecule has 1 N–H and O–H groups in total. The molecule has 2 fully saturated rings. The summed E-state index contributed by atoms with van der Waals surface area (Å²) in [6.45, 7) is 2.55. The molecule has 16 heavy (non-hydrogen) atoms. The van der Waals surface area contributed by atoms with Crippen LogP contribution in [-0.2, 0) is 9.47 Å². The highest BCUT2D eigenvalue weighted by Crippen LogP contribution is 2.34. The molecule has 3 nitrogen and oxygen atoms in total. The van der Waals surface area contributed by atoms with Crippen LogP contribution in [0.1, 0.15) is 44.9 Å². The van der Waals surface area contributed by atoms with E-state index in [0.29, 0.717) is 19.3 Å². The second kappa shape index (κ2) is 5.99. The normalized spacial score (nSPS) is 29.4. The summed E-state index contributed by atoms with van der Waals surface area (Å²) >= 11 is 0. The minimum Gasteiger partial charge on any atom is -0.396 e. The van der Waals surface area contributed by atoms with Crippen LogP contribution in [0.15, 0.2) is 0 Å². The molecule has 0 amide bonds. The summed E-state index contributed by atoms with van der Waals surface area (Å²) in [6.07, 6.45) is 9.04. The molecule has 1 aliphatic carbocycles. The van der Waals surface area contributed by atoms with Crippen molar-refractivity contribution in [3.63, 3.8) is 0 Å². The number of ether oxygens (including phenoxy) is 2. The maximum Gasteiger partial charge on any atom is 0.104 e. The van der Waals surface area contributed by atoms with Gasteiger partial charge in [0.25, 0.3) is 0 Å². The Bertz CT molecular complexity index is 193. The lowest BCUT2D eigenvalue weighted by Crippen LogP contribution is -2.32. The van der Waals surface area contributed by atoms with Crippen molar-refractivity contribution in [2.24, 2.45) is 5.41 Å². The molecule has 1 unspecified atom stereocenters. The van der Waals surface area contributed by atoms with Crippen molar-refractivity contribution in [3.05, 3.63) is 0 Å². The summed E-state index contributed by atoms with van der Waals surface area (Å²) in [5.41, 5.74) is 0.0370. The molecular formula is C13H24O3. The summed E-state index contributed by atoms with van der Waals surface area (Å²) in [7, 11) is 0. The van der Waals surface area contributed by atoms with Crippen molar-refractivity contribution >= 4 is 0 Å². The molecule has 3 heteroatoms. The van der Waals surface area contributed by atoms with Crippen LogP contribution in [0, 0.1) is 5.41 Å². The first-order chi connectivity index (χ1) is 7.85. The molecule has 0 aromatic rings. The fourth-order valence-corrected chi connectivity index (χ4v) is 2.57. The summed E-state index contributed by atoms with van der Waals surface area (Å²) in [5, 5.41) is 9.63. The van der Waals surface area contributed by atoms with E-state index in [9.17, 15) is 5.11 Å². The molecule has 1 saturated heterocycles. The zero-order valence-electron chi connectivity index (χ0n) is 10.1. The van der Waals surface area contributed by atoms with Crippen LogP contribution in [-0.4, -0.2) is 37.6 Å². The number of epoxide rings is 1. The van der Waals surface area contributed by atoms with Gasteiger partial charge >= 0.3 is 0 Å². The third-order valence-electron chi connectivity index (χ3n) is 3.86. The zero-order chi connectivity index (χ0) is 11.3. The van der Waals surface area contributed by atoms with Gasteiger partial charge in [-0.2, -0.15) is 0 Å². The summed E-state index contributed by atoms with van der Waals surface area (Å²) in [4.78, 5) is 0. The van der Waals surface area contributed by atoms with Crippen molar-refractivity contribution in [3.8, 4) is 0 Å². The first-order valence-electron chi connectivity index (χ1n) is 6.65. The molecule has 0 radical (unpaired) electrons. The van der Waals surface area contributed by atoms with E-state index in [-0.39, 0.29) is 12.0 Å². The third-order valence-corrected chi connectivity index (χ3v) is 3.86. The Kier molecular flexibility index (Phi) is 4.62. The maximum absolute atomic E-state index is 9.63. The van der Waals surface area contributed by atoms with Gasteiger partial charge in [-0.05, 0) is 12.8 Å². The van der Waals surface area contributed by atoms with Crippen LogP contribution in [0.25, 0.3) is 0 Å². The molecule has 0 spiro atoms. The van der Waals surface area contributed by atoms with Gasteiger partial charge in [-0.25, -0.2) is 0 Å². The fraction of sp³-hybridized carbons (Fsp3) is 1.00. The van der Waals surface area contributed by atoms with E-state index < -0.39 is 0 Å². The number of hydrogen-bond donors (Lipinski definition) is 1. The average molecular weight is 228 g/mol. The molecule has 0 aromatic heterocycles. The van der Waals surface area contributed by atoms with E-state index in [1.165, 1.54) is 32.1 Å². The predicted molar refractivity (Wildman–Crippen MR) is 62.4 cm³/mol. The SMILES string of the molecule is OCC1(COCC2CO2)CCCCCCC1. The van der Waals surface area contributed by atoms with E-state index in [2.05, 4.69) is 0 Å². The van der Waals surface area contributed by atoms with Crippen LogP contribution < -0.4 is 0 Å². The Morgan fingerprint density at radius 2 is 1.75 bits per heavy atom. The van der Waals surface area contributed by atoms with E-state index in [1.807, 2.05) is 0 Å². The van der Waals surface area contributed by atoms with Crippen molar-refractivity contribution in [2.45, 2.75) is 51.0 Å². The lowest BCUT2D eigenvalue weighted by Gasteiger charge is -2.33. The Morgan fingerprint density at radius 3 is 2.31 bits per heavy atom. The van der Waals surface area contributed by atoms with Crippen molar-refractivity contribution in [2.75, 3.05) is 26.4 Å². The van der Waals surface area contributed by atoms with Gasteiger partial charge in [-0.3, -0.25) is 0 Å². The quantitative estimate of drug-likeness (QED) is 0.733. The standard InChI is InChI=1S/C13H24O3/c14-10-13(11-15-8-12-9-16-12)6-4-2-1-3-5-7-13/h12,14H,1-11H2. The molecule has 0 aromatic carbocycles. The topological polar surface area (TPSA) is 42.0 Å². The number of aliphatic hydroxyl groups excluding tert-OH is 1. The fourth-order valence-electron chi connectivity index (χ4n) is 2.57. The highest BCUT2D eigenvalue weighted by atomic mass is 16.6. The largest absolute Gasteiger partial charge is 0.396 e.